The van der Waals surface area contributed by atoms with Crippen molar-refractivity contribution in [1.82, 2.24) is 9.80 Å². The number of benzene rings is 1. The maximum absolute atomic E-state index is 12.2. The van der Waals surface area contributed by atoms with Gasteiger partial charge in [-0.05, 0) is 39.2 Å². The molecule has 5 heteroatoms. The first kappa shape index (κ1) is 18.2. The summed E-state index contributed by atoms with van der Waals surface area (Å²) in [6.45, 7) is 3.65. The molecule has 0 aliphatic heterocycles. The Morgan fingerprint density at radius 1 is 0.955 bits per heavy atom. The van der Waals surface area contributed by atoms with Crippen LogP contribution in [0.2, 0.25) is 0 Å². The Bertz CT molecular complexity index is 474. The number of hydrogen-bond donors (Lipinski definition) is 0. The summed E-state index contributed by atoms with van der Waals surface area (Å²) < 4.78 is 0. The van der Waals surface area contributed by atoms with Crippen molar-refractivity contribution in [2.75, 3.05) is 45.7 Å². The van der Waals surface area contributed by atoms with Crippen molar-refractivity contribution in [3.8, 4) is 0 Å². The molecular weight excluding hydrogens is 278 g/mol. The highest BCUT2D eigenvalue weighted by Gasteiger charge is 2.14. The van der Waals surface area contributed by atoms with Gasteiger partial charge in [0, 0.05) is 39.2 Å². The monoisotopic (exact) mass is 305 g/mol. The SMILES string of the molecule is CC(=O)N(CCCN(C)C)CCC(=O)N(C)c1ccccc1. The predicted molar refractivity (Wildman–Crippen MR) is 89.9 cm³/mol. The van der Waals surface area contributed by atoms with Gasteiger partial charge < -0.3 is 14.7 Å². The van der Waals surface area contributed by atoms with E-state index in [9.17, 15) is 9.59 Å². The van der Waals surface area contributed by atoms with Crippen LogP contribution in [-0.2, 0) is 9.59 Å². The van der Waals surface area contributed by atoms with Gasteiger partial charge in [-0.1, -0.05) is 18.2 Å². The van der Waals surface area contributed by atoms with E-state index in [1.54, 1.807) is 23.8 Å². The van der Waals surface area contributed by atoms with Crippen molar-refractivity contribution in [3.63, 3.8) is 0 Å². The molecule has 1 rings (SSSR count). The molecule has 0 atom stereocenters. The molecule has 22 heavy (non-hydrogen) atoms. The number of nitrogens with zero attached hydrogens (tertiary/aromatic N) is 3. The van der Waals surface area contributed by atoms with Crippen LogP contribution in [0.15, 0.2) is 30.3 Å². The Kier molecular flexibility index (Phi) is 7.60. The van der Waals surface area contributed by atoms with Crippen molar-refractivity contribution >= 4 is 17.5 Å². The average molecular weight is 305 g/mol. The predicted octanol–water partition coefficient (Wildman–Crippen LogP) is 1.84. The molecule has 0 saturated carbocycles. The lowest BCUT2D eigenvalue weighted by atomic mass is 10.2. The standard InChI is InChI=1S/C17H27N3O2/c1-15(21)20(13-8-12-18(2)3)14-11-17(22)19(4)16-9-6-5-7-10-16/h5-7,9-10H,8,11-14H2,1-4H3. The Labute approximate surface area is 133 Å². The van der Waals surface area contributed by atoms with E-state index < -0.39 is 0 Å². The van der Waals surface area contributed by atoms with Gasteiger partial charge in [-0.15, -0.1) is 0 Å². The summed E-state index contributed by atoms with van der Waals surface area (Å²) in [7, 11) is 5.79. The van der Waals surface area contributed by atoms with Gasteiger partial charge in [0.05, 0.1) is 0 Å². The average Bonchev–Trinajstić information content (AvgIpc) is 2.49. The molecular formula is C17H27N3O2. The Hall–Kier alpha value is -1.88. The highest BCUT2D eigenvalue weighted by Crippen LogP contribution is 2.12. The molecule has 2 amide bonds. The first-order valence-electron chi connectivity index (χ1n) is 7.63. The molecule has 0 aliphatic carbocycles. The molecule has 0 heterocycles. The minimum Gasteiger partial charge on any atom is -0.342 e. The van der Waals surface area contributed by atoms with E-state index in [0.29, 0.717) is 19.5 Å². The van der Waals surface area contributed by atoms with Crippen molar-refractivity contribution in [2.45, 2.75) is 19.8 Å². The fourth-order valence-corrected chi connectivity index (χ4v) is 2.20. The van der Waals surface area contributed by atoms with Crippen LogP contribution >= 0.6 is 0 Å². The van der Waals surface area contributed by atoms with Crippen LogP contribution in [0.1, 0.15) is 19.8 Å². The summed E-state index contributed by atoms with van der Waals surface area (Å²) in [6, 6.07) is 9.53. The lowest BCUT2D eigenvalue weighted by Gasteiger charge is -2.23. The molecule has 5 nitrogen and oxygen atoms in total. The fourth-order valence-electron chi connectivity index (χ4n) is 2.20. The van der Waals surface area contributed by atoms with E-state index in [1.807, 2.05) is 44.4 Å². The number of carbonyl (C=O) groups is 2. The molecule has 122 valence electrons. The molecule has 0 unspecified atom stereocenters. The number of amides is 2. The third kappa shape index (κ3) is 6.26. The first-order chi connectivity index (χ1) is 10.4. The van der Waals surface area contributed by atoms with E-state index in [-0.39, 0.29) is 11.8 Å². The Morgan fingerprint density at radius 3 is 2.14 bits per heavy atom. The van der Waals surface area contributed by atoms with Crippen molar-refractivity contribution in [1.29, 1.82) is 0 Å². The number of carbonyl (C=O) groups excluding carboxylic acids is 2. The van der Waals surface area contributed by atoms with Gasteiger partial charge in [-0.2, -0.15) is 0 Å². The largest absolute Gasteiger partial charge is 0.342 e. The van der Waals surface area contributed by atoms with Crippen molar-refractivity contribution in [2.24, 2.45) is 0 Å². The zero-order chi connectivity index (χ0) is 16.5. The van der Waals surface area contributed by atoms with Crippen LogP contribution in [0, 0.1) is 0 Å². The van der Waals surface area contributed by atoms with Crippen LogP contribution in [-0.4, -0.2) is 62.4 Å². The van der Waals surface area contributed by atoms with Crippen LogP contribution in [0.3, 0.4) is 0 Å². The second-order valence-corrected chi connectivity index (χ2v) is 5.70. The van der Waals surface area contributed by atoms with Gasteiger partial charge in [0.1, 0.15) is 0 Å². The number of para-hydroxylation sites is 1. The highest BCUT2D eigenvalue weighted by atomic mass is 16.2. The van der Waals surface area contributed by atoms with Crippen LogP contribution in [0.4, 0.5) is 5.69 Å². The van der Waals surface area contributed by atoms with Gasteiger partial charge in [0.25, 0.3) is 0 Å². The summed E-state index contributed by atoms with van der Waals surface area (Å²) in [4.78, 5) is 29.4. The molecule has 1 aromatic rings. The maximum atomic E-state index is 12.2. The van der Waals surface area contributed by atoms with E-state index >= 15 is 0 Å². The number of rotatable bonds is 8. The molecule has 0 N–H and O–H groups in total. The molecule has 0 spiro atoms. The van der Waals surface area contributed by atoms with Crippen molar-refractivity contribution < 1.29 is 9.59 Å². The minimum atomic E-state index is 0.0186. The van der Waals surface area contributed by atoms with Gasteiger partial charge in [0.2, 0.25) is 11.8 Å². The second-order valence-electron chi connectivity index (χ2n) is 5.70. The minimum absolute atomic E-state index is 0.0186. The molecule has 0 bridgehead atoms. The van der Waals surface area contributed by atoms with E-state index in [4.69, 9.17) is 0 Å². The maximum Gasteiger partial charge on any atom is 0.228 e. The second kappa shape index (κ2) is 9.20. The van der Waals surface area contributed by atoms with Gasteiger partial charge in [0.15, 0.2) is 0 Å². The lowest BCUT2D eigenvalue weighted by Crippen LogP contribution is -2.36. The van der Waals surface area contributed by atoms with Gasteiger partial charge >= 0.3 is 0 Å². The number of anilines is 1. The molecule has 0 fully saturated rings. The summed E-state index contributed by atoms with van der Waals surface area (Å²) >= 11 is 0. The zero-order valence-corrected chi connectivity index (χ0v) is 14.1. The van der Waals surface area contributed by atoms with Crippen LogP contribution < -0.4 is 4.90 Å². The normalized spacial score (nSPS) is 10.6. The smallest absolute Gasteiger partial charge is 0.228 e. The molecule has 0 aromatic heterocycles. The fraction of sp³-hybridized carbons (Fsp3) is 0.529. The van der Waals surface area contributed by atoms with Gasteiger partial charge in [-0.3, -0.25) is 9.59 Å². The third-order valence-electron chi connectivity index (χ3n) is 3.59. The first-order valence-corrected chi connectivity index (χ1v) is 7.63. The summed E-state index contributed by atoms with van der Waals surface area (Å²) in [6.07, 6.45) is 1.25. The Morgan fingerprint density at radius 2 is 1.59 bits per heavy atom. The zero-order valence-electron chi connectivity index (χ0n) is 14.1. The summed E-state index contributed by atoms with van der Waals surface area (Å²) in [5.74, 6) is 0.0407. The van der Waals surface area contributed by atoms with Crippen LogP contribution in [0.5, 0.6) is 0 Å². The third-order valence-corrected chi connectivity index (χ3v) is 3.59. The quantitative estimate of drug-likeness (QED) is 0.736. The highest BCUT2D eigenvalue weighted by molar-refractivity contribution is 5.93. The van der Waals surface area contributed by atoms with Gasteiger partial charge in [-0.25, -0.2) is 0 Å². The number of hydrogen-bond acceptors (Lipinski definition) is 3. The lowest BCUT2D eigenvalue weighted by molar-refractivity contribution is -0.129. The molecule has 1 aromatic carbocycles. The summed E-state index contributed by atoms with van der Waals surface area (Å²) in [5.41, 5.74) is 0.870. The Balaban J connectivity index is 2.47. The van der Waals surface area contributed by atoms with E-state index in [1.165, 1.54) is 0 Å². The summed E-state index contributed by atoms with van der Waals surface area (Å²) in [5, 5.41) is 0. The molecule has 0 radical (unpaired) electrons. The van der Waals surface area contributed by atoms with E-state index in [2.05, 4.69) is 4.90 Å². The topological polar surface area (TPSA) is 43.9 Å². The molecule has 0 aliphatic rings. The van der Waals surface area contributed by atoms with Crippen LogP contribution in [0.25, 0.3) is 0 Å². The van der Waals surface area contributed by atoms with E-state index in [0.717, 1.165) is 18.7 Å². The van der Waals surface area contributed by atoms with Crippen molar-refractivity contribution in [3.05, 3.63) is 30.3 Å². The molecule has 0 saturated heterocycles.